The topological polar surface area (TPSA) is 38.7 Å². The number of benzene rings is 1. The number of hydrogen-bond donors (Lipinski definition) is 0. The predicted octanol–water partition coefficient (Wildman–Crippen LogP) is 5.11. The summed E-state index contributed by atoms with van der Waals surface area (Å²) in [6.45, 7) is 0. The SMILES string of the molecule is O=C(ON=C(c1cccs1)c1cccs1)c1c(F)c(F)c(F)c(F)c1F. The second-order valence-corrected chi connectivity index (χ2v) is 6.61. The normalized spacial score (nSPS) is 10.7. The first kappa shape index (κ1) is 18.2. The van der Waals surface area contributed by atoms with Crippen molar-refractivity contribution in [1.82, 2.24) is 0 Å². The Hall–Kier alpha value is -2.59. The number of rotatable bonds is 4. The first-order chi connectivity index (χ1) is 12.4. The molecule has 134 valence electrons. The molecule has 2 aromatic heterocycles. The fourth-order valence-electron chi connectivity index (χ4n) is 1.95. The third-order valence-corrected chi connectivity index (χ3v) is 4.90. The van der Waals surface area contributed by atoms with Crippen molar-refractivity contribution in [2.45, 2.75) is 0 Å². The monoisotopic (exact) mass is 403 g/mol. The van der Waals surface area contributed by atoms with E-state index in [0.29, 0.717) is 9.75 Å². The summed E-state index contributed by atoms with van der Waals surface area (Å²) >= 11 is 2.51. The number of halogens is 5. The molecule has 26 heavy (non-hydrogen) atoms. The molecule has 0 radical (unpaired) electrons. The lowest BCUT2D eigenvalue weighted by molar-refractivity contribution is 0.0502. The summed E-state index contributed by atoms with van der Waals surface area (Å²) in [6.07, 6.45) is 0. The summed E-state index contributed by atoms with van der Waals surface area (Å²) in [4.78, 5) is 17.5. The summed E-state index contributed by atoms with van der Waals surface area (Å²) in [5.74, 6) is -13.2. The Kier molecular flexibility index (Phi) is 5.14. The van der Waals surface area contributed by atoms with E-state index in [4.69, 9.17) is 0 Å². The number of hydrogen-bond acceptors (Lipinski definition) is 5. The van der Waals surface area contributed by atoms with E-state index in [0.717, 1.165) is 0 Å². The molecule has 3 aromatic rings. The van der Waals surface area contributed by atoms with Crippen molar-refractivity contribution in [1.29, 1.82) is 0 Å². The van der Waals surface area contributed by atoms with Crippen LogP contribution in [-0.2, 0) is 4.84 Å². The van der Waals surface area contributed by atoms with Crippen LogP contribution in [0.15, 0.2) is 40.2 Å². The molecule has 10 heteroatoms. The molecule has 0 amide bonds. The Bertz CT molecular complexity index is 919. The van der Waals surface area contributed by atoms with Gasteiger partial charge in [0.1, 0.15) is 11.3 Å². The minimum absolute atomic E-state index is 0.187. The standard InChI is InChI=1S/C16H6F5NO2S2/c17-10-9(11(18)13(20)14(21)12(10)19)16(23)24-22-15(7-3-1-5-25-7)8-4-2-6-26-8/h1-6H. The van der Waals surface area contributed by atoms with Gasteiger partial charge in [0.15, 0.2) is 23.3 Å². The van der Waals surface area contributed by atoms with Crippen molar-refractivity contribution in [2.24, 2.45) is 5.16 Å². The zero-order valence-corrected chi connectivity index (χ0v) is 14.1. The van der Waals surface area contributed by atoms with Crippen LogP contribution in [0.5, 0.6) is 0 Å². The van der Waals surface area contributed by atoms with Crippen LogP contribution in [0.3, 0.4) is 0 Å². The Balaban J connectivity index is 1.99. The van der Waals surface area contributed by atoms with Crippen LogP contribution < -0.4 is 0 Å². The van der Waals surface area contributed by atoms with Gasteiger partial charge in [-0.2, -0.15) is 0 Å². The van der Waals surface area contributed by atoms with Crippen molar-refractivity contribution in [3.63, 3.8) is 0 Å². The lowest BCUT2D eigenvalue weighted by Gasteiger charge is -2.06. The molecular formula is C16H6F5NO2S2. The molecule has 0 saturated carbocycles. The van der Waals surface area contributed by atoms with Crippen LogP contribution in [0.2, 0.25) is 0 Å². The molecule has 0 saturated heterocycles. The minimum Gasteiger partial charge on any atom is -0.312 e. The number of carbonyl (C=O) groups excluding carboxylic acids is 1. The number of oxime groups is 1. The Labute approximate surface area is 151 Å². The molecule has 0 spiro atoms. The zero-order valence-electron chi connectivity index (χ0n) is 12.4. The first-order valence-corrected chi connectivity index (χ1v) is 8.56. The number of carbonyl (C=O) groups is 1. The van der Waals surface area contributed by atoms with Gasteiger partial charge in [-0.1, -0.05) is 17.3 Å². The molecule has 0 aliphatic heterocycles. The van der Waals surface area contributed by atoms with Gasteiger partial charge in [-0.25, -0.2) is 26.7 Å². The maximum Gasteiger partial charge on any atom is 0.371 e. The highest BCUT2D eigenvalue weighted by molar-refractivity contribution is 7.15. The largest absolute Gasteiger partial charge is 0.371 e. The Morgan fingerprint density at radius 1 is 0.808 bits per heavy atom. The molecule has 0 fully saturated rings. The van der Waals surface area contributed by atoms with Crippen molar-refractivity contribution < 1.29 is 31.6 Å². The highest BCUT2D eigenvalue weighted by Crippen LogP contribution is 2.25. The summed E-state index contributed by atoms with van der Waals surface area (Å²) in [7, 11) is 0. The number of nitrogens with zero attached hydrogens (tertiary/aromatic N) is 1. The quantitative estimate of drug-likeness (QED) is 0.152. The van der Waals surface area contributed by atoms with Gasteiger partial charge < -0.3 is 4.84 Å². The molecule has 0 aliphatic carbocycles. The van der Waals surface area contributed by atoms with Gasteiger partial charge in [0.2, 0.25) is 5.82 Å². The van der Waals surface area contributed by atoms with Crippen molar-refractivity contribution in [2.75, 3.05) is 0 Å². The lowest BCUT2D eigenvalue weighted by atomic mass is 10.1. The third kappa shape index (κ3) is 3.25. The fourth-order valence-corrected chi connectivity index (χ4v) is 3.46. The smallest absolute Gasteiger partial charge is 0.312 e. The van der Waals surface area contributed by atoms with E-state index in [1.54, 1.807) is 35.0 Å². The molecule has 0 atom stereocenters. The first-order valence-electron chi connectivity index (χ1n) is 6.80. The summed E-state index contributed by atoms with van der Waals surface area (Å²) in [5, 5.41) is 7.02. The van der Waals surface area contributed by atoms with Crippen molar-refractivity contribution in [3.05, 3.63) is 79.4 Å². The summed E-state index contributed by atoms with van der Waals surface area (Å²) in [5.41, 5.74) is -1.52. The second-order valence-electron chi connectivity index (χ2n) is 4.72. The van der Waals surface area contributed by atoms with Crippen molar-refractivity contribution >= 4 is 34.4 Å². The fraction of sp³-hybridized carbons (Fsp3) is 0. The summed E-state index contributed by atoms with van der Waals surface area (Å²) < 4.78 is 66.8. The predicted molar refractivity (Wildman–Crippen MR) is 85.9 cm³/mol. The molecule has 1 aromatic carbocycles. The second kappa shape index (κ2) is 7.34. The third-order valence-electron chi connectivity index (χ3n) is 3.14. The van der Waals surface area contributed by atoms with Gasteiger partial charge in [-0.3, -0.25) is 0 Å². The minimum atomic E-state index is -2.36. The van der Waals surface area contributed by atoms with E-state index in [1.165, 1.54) is 22.7 Å². The van der Waals surface area contributed by atoms with Gasteiger partial charge in [0.05, 0.1) is 9.75 Å². The van der Waals surface area contributed by atoms with Crippen LogP contribution in [0.1, 0.15) is 20.1 Å². The number of thiophene rings is 2. The molecule has 0 N–H and O–H groups in total. The van der Waals surface area contributed by atoms with E-state index in [9.17, 15) is 26.7 Å². The van der Waals surface area contributed by atoms with Crippen LogP contribution >= 0.6 is 22.7 Å². The molecule has 3 rings (SSSR count). The van der Waals surface area contributed by atoms with Gasteiger partial charge in [-0.15, -0.1) is 22.7 Å². The molecule has 3 nitrogen and oxygen atoms in total. The lowest BCUT2D eigenvalue weighted by Crippen LogP contribution is -2.14. The Morgan fingerprint density at radius 2 is 1.27 bits per heavy atom. The average molecular weight is 403 g/mol. The maximum atomic E-state index is 13.7. The Morgan fingerprint density at radius 3 is 1.69 bits per heavy atom. The molecule has 0 unspecified atom stereocenters. The summed E-state index contributed by atoms with van der Waals surface area (Å²) in [6, 6.07) is 6.73. The molecule has 0 bridgehead atoms. The van der Waals surface area contributed by atoms with E-state index < -0.39 is 40.6 Å². The maximum absolute atomic E-state index is 13.7. The average Bonchev–Trinajstić information content (AvgIpc) is 3.33. The van der Waals surface area contributed by atoms with E-state index in [2.05, 4.69) is 9.99 Å². The van der Waals surface area contributed by atoms with E-state index >= 15 is 0 Å². The van der Waals surface area contributed by atoms with Gasteiger partial charge in [0.25, 0.3) is 0 Å². The van der Waals surface area contributed by atoms with Gasteiger partial charge in [-0.05, 0) is 22.9 Å². The van der Waals surface area contributed by atoms with Crippen LogP contribution in [-0.4, -0.2) is 11.7 Å². The van der Waals surface area contributed by atoms with Crippen LogP contribution in [0.25, 0.3) is 0 Å². The van der Waals surface area contributed by atoms with Crippen LogP contribution in [0, 0.1) is 29.1 Å². The molecule has 2 heterocycles. The highest BCUT2D eigenvalue weighted by atomic mass is 32.1. The van der Waals surface area contributed by atoms with Gasteiger partial charge in [0, 0.05) is 0 Å². The van der Waals surface area contributed by atoms with Gasteiger partial charge >= 0.3 is 5.97 Å². The highest BCUT2D eigenvalue weighted by Gasteiger charge is 2.31. The van der Waals surface area contributed by atoms with Crippen LogP contribution in [0.4, 0.5) is 22.0 Å². The molecule has 0 aliphatic rings. The van der Waals surface area contributed by atoms with Crippen molar-refractivity contribution in [3.8, 4) is 0 Å². The zero-order chi connectivity index (χ0) is 18.8. The van der Waals surface area contributed by atoms with E-state index in [-0.39, 0.29) is 5.71 Å². The molecular weight excluding hydrogens is 397 g/mol. The van der Waals surface area contributed by atoms with E-state index in [1.807, 2.05) is 0 Å².